The SMILES string of the molecule is Cc1ccccc1CSCC(=O)N/N=C/c1cc(C)n(-c2cccc(Cl)c2)c1C. The molecule has 1 amide bonds. The van der Waals surface area contributed by atoms with Gasteiger partial charge in [0.1, 0.15) is 0 Å². The van der Waals surface area contributed by atoms with Gasteiger partial charge in [-0.3, -0.25) is 4.79 Å². The number of nitrogens with zero attached hydrogens (tertiary/aromatic N) is 2. The highest BCUT2D eigenvalue weighted by Crippen LogP contribution is 2.22. The third-order valence-corrected chi connectivity index (χ3v) is 5.90. The van der Waals surface area contributed by atoms with Gasteiger partial charge < -0.3 is 4.57 Å². The van der Waals surface area contributed by atoms with E-state index >= 15 is 0 Å². The maximum Gasteiger partial charge on any atom is 0.250 e. The Morgan fingerprint density at radius 1 is 1.14 bits per heavy atom. The van der Waals surface area contributed by atoms with Crippen LogP contribution < -0.4 is 5.43 Å². The van der Waals surface area contributed by atoms with Crippen LogP contribution in [-0.2, 0) is 10.5 Å². The number of hydrogen-bond acceptors (Lipinski definition) is 3. The number of benzene rings is 2. The Morgan fingerprint density at radius 3 is 2.69 bits per heavy atom. The summed E-state index contributed by atoms with van der Waals surface area (Å²) in [6, 6.07) is 18.0. The minimum absolute atomic E-state index is 0.108. The van der Waals surface area contributed by atoms with E-state index in [-0.39, 0.29) is 5.91 Å². The van der Waals surface area contributed by atoms with Crippen molar-refractivity contribution in [3.05, 3.63) is 87.7 Å². The summed E-state index contributed by atoms with van der Waals surface area (Å²) in [7, 11) is 0. The fourth-order valence-electron chi connectivity index (χ4n) is 3.16. The van der Waals surface area contributed by atoms with Crippen LogP contribution in [0.3, 0.4) is 0 Å². The number of halogens is 1. The lowest BCUT2D eigenvalue weighted by Gasteiger charge is -2.09. The van der Waals surface area contributed by atoms with Crippen molar-refractivity contribution >= 4 is 35.5 Å². The summed E-state index contributed by atoms with van der Waals surface area (Å²) in [5, 5.41) is 4.83. The molecule has 0 atom stereocenters. The van der Waals surface area contributed by atoms with Crippen molar-refractivity contribution in [1.29, 1.82) is 0 Å². The van der Waals surface area contributed by atoms with E-state index in [9.17, 15) is 4.79 Å². The highest BCUT2D eigenvalue weighted by molar-refractivity contribution is 7.99. The first-order valence-electron chi connectivity index (χ1n) is 9.34. The zero-order valence-electron chi connectivity index (χ0n) is 16.8. The van der Waals surface area contributed by atoms with Gasteiger partial charge >= 0.3 is 0 Å². The fraction of sp³-hybridized carbons (Fsp3) is 0.217. The molecule has 0 saturated carbocycles. The number of hydrogen-bond donors (Lipinski definition) is 1. The number of aromatic nitrogens is 1. The smallest absolute Gasteiger partial charge is 0.250 e. The standard InChI is InChI=1S/C23H24ClN3OS/c1-16-7-4-5-8-19(16)14-29-15-23(28)26-25-13-20-11-17(2)27(18(20)3)22-10-6-9-21(24)12-22/h4-13H,14-15H2,1-3H3,(H,26,28)/b25-13+. The summed E-state index contributed by atoms with van der Waals surface area (Å²) in [4.78, 5) is 12.1. The molecule has 0 aliphatic carbocycles. The van der Waals surface area contributed by atoms with Crippen molar-refractivity contribution in [1.82, 2.24) is 9.99 Å². The first-order chi connectivity index (χ1) is 14.0. The monoisotopic (exact) mass is 425 g/mol. The Balaban J connectivity index is 1.57. The van der Waals surface area contributed by atoms with Crippen LogP contribution >= 0.6 is 23.4 Å². The molecule has 3 aromatic rings. The van der Waals surface area contributed by atoms with Crippen LogP contribution in [0, 0.1) is 20.8 Å². The second kappa shape index (κ2) is 9.81. The van der Waals surface area contributed by atoms with E-state index in [1.54, 1.807) is 18.0 Å². The van der Waals surface area contributed by atoms with Crippen molar-refractivity contribution in [3.8, 4) is 5.69 Å². The highest BCUT2D eigenvalue weighted by Gasteiger charge is 2.10. The number of carbonyl (C=O) groups excluding carboxylic acids is 1. The summed E-state index contributed by atoms with van der Waals surface area (Å²) in [6.45, 7) is 6.14. The maximum atomic E-state index is 12.1. The lowest BCUT2D eigenvalue weighted by atomic mass is 10.1. The molecule has 4 nitrogen and oxygen atoms in total. The van der Waals surface area contributed by atoms with Gasteiger partial charge in [0.05, 0.1) is 12.0 Å². The number of amides is 1. The lowest BCUT2D eigenvalue weighted by molar-refractivity contribution is -0.118. The van der Waals surface area contributed by atoms with Crippen LogP contribution in [0.1, 0.15) is 28.1 Å². The minimum Gasteiger partial charge on any atom is -0.318 e. The van der Waals surface area contributed by atoms with Gasteiger partial charge in [-0.1, -0.05) is 41.9 Å². The summed E-state index contributed by atoms with van der Waals surface area (Å²) >= 11 is 7.71. The summed E-state index contributed by atoms with van der Waals surface area (Å²) in [5.74, 6) is 1.07. The van der Waals surface area contributed by atoms with Crippen LogP contribution in [0.2, 0.25) is 5.02 Å². The van der Waals surface area contributed by atoms with E-state index in [1.807, 2.05) is 56.3 Å². The van der Waals surface area contributed by atoms with Crippen molar-refractivity contribution in [2.45, 2.75) is 26.5 Å². The van der Waals surface area contributed by atoms with Gasteiger partial charge in [0.25, 0.3) is 0 Å². The highest BCUT2D eigenvalue weighted by atomic mass is 35.5. The largest absolute Gasteiger partial charge is 0.318 e. The van der Waals surface area contributed by atoms with Crippen LogP contribution in [-0.4, -0.2) is 22.4 Å². The number of rotatable bonds is 7. The molecule has 0 aliphatic heterocycles. The topological polar surface area (TPSA) is 46.4 Å². The predicted molar refractivity (Wildman–Crippen MR) is 123 cm³/mol. The normalized spacial score (nSPS) is 11.2. The second-order valence-electron chi connectivity index (χ2n) is 6.85. The molecule has 0 saturated heterocycles. The molecule has 0 aliphatic rings. The minimum atomic E-state index is -0.108. The van der Waals surface area contributed by atoms with Gasteiger partial charge in [0.2, 0.25) is 5.91 Å². The van der Waals surface area contributed by atoms with E-state index < -0.39 is 0 Å². The number of carbonyl (C=O) groups is 1. The van der Waals surface area contributed by atoms with E-state index in [4.69, 9.17) is 11.6 Å². The Bertz CT molecular complexity index is 1040. The molecule has 0 spiro atoms. The Morgan fingerprint density at radius 2 is 1.93 bits per heavy atom. The van der Waals surface area contributed by atoms with Crippen LogP contribution in [0.15, 0.2) is 59.7 Å². The molecule has 6 heteroatoms. The van der Waals surface area contributed by atoms with Crippen molar-refractivity contribution in [2.24, 2.45) is 5.10 Å². The summed E-state index contributed by atoms with van der Waals surface area (Å²) in [6.07, 6.45) is 1.69. The van der Waals surface area contributed by atoms with Gasteiger partial charge in [-0.15, -0.1) is 11.8 Å². The quantitative estimate of drug-likeness (QED) is 0.404. The van der Waals surface area contributed by atoms with Gasteiger partial charge in [-0.05, 0) is 56.2 Å². The third-order valence-electron chi connectivity index (χ3n) is 4.68. The predicted octanol–water partition coefficient (Wildman–Crippen LogP) is 5.44. The number of hydrazone groups is 1. The number of aryl methyl sites for hydroxylation is 2. The van der Waals surface area contributed by atoms with E-state index in [0.29, 0.717) is 10.8 Å². The molecular formula is C23H24ClN3OS. The second-order valence-corrected chi connectivity index (χ2v) is 8.28. The lowest BCUT2D eigenvalue weighted by Crippen LogP contribution is -2.19. The van der Waals surface area contributed by atoms with Crippen molar-refractivity contribution < 1.29 is 4.79 Å². The molecule has 3 rings (SSSR count). The molecule has 150 valence electrons. The number of thioether (sulfide) groups is 1. The van der Waals surface area contributed by atoms with Crippen molar-refractivity contribution in [2.75, 3.05) is 5.75 Å². The molecular weight excluding hydrogens is 402 g/mol. The first kappa shape index (κ1) is 21.2. The van der Waals surface area contributed by atoms with Crippen LogP contribution in [0.25, 0.3) is 5.69 Å². The van der Waals surface area contributed by atoms with Gasteiger partial charge in [0.15, 0.2) is 0 Å². The van der Waals surface area contributed by atoms with Gasteiger partial charge in [-0.2, -0.15) is 5.10 Å². The molecule has 1 aromatic heterocycles. The first-order valence-corrected chi connectivity index (χ1v) is 10.9. The average Bonchev–Trinajstić information content (AvgIpc) is 2.97. The van der Waals surface area contributed by atoms with E-state index in [2.05, 4.69) is 34.2 Å². The Labute approximate surface area is 181 Å². The van der Waals surface area contributed by atoms with Crippen molar-refractivity contribution in [3.63, 3.8) is 0 Å². The average molecular weight is 426 g/mol. The maximum absolute atomic E-state index is 12.1. The molecule has 2 aromatic carbocycles. The van der Waals surface area contributed by atoms with Gasteiger partial charge in [-0.25, -0.2) is 5.43 Å². The molecule has 29 heavy (non-hydrogen) atoms. The molecule has 0 radical (unpaired) electrons. The number of nitrogens with one attached hydrogen (secondary N) is 1. The molecule has 0 fully saturated rings. The van der Waals surface area contributed by atoms with E-state index in [1.165, 1.54) is 11.1 Å². The van der Waals surface area contributed by atoms with Gasteiger partial charge in [0, 0.05) is 33.4 Å². The van der Waals surface area contributed by atoms with Crippen LogP contribution in [0.5, 0.6) is 0 Å². The zero-order valence-corrected chi connectivity index (χ0v) is 18.3. The fourth-order valence-corrected chi connectivity index (χ4v) is 4.24. The third kappa shape index (κ3) is 5.52. The molecule has 0 bridgehead atoms. The Hall–Kier alpha value is -2.50. The van der Waals surface area contributed by atoms with E-state index in [0.717, 1.165) is 28.4 Å². The Kier molecular flexibility index (Phi) is 7.18. The zero-order chi connectivity index (χ0) is 20.8. The van der Waals surface area contributed by atoms with Crippen LogP contribution in [0.4, 0.5) is 0 Å². The molecule has 0 unspecified atom stereocenters. The molecule has 1 heterocycles. The summed E-state index contributed by atoms with van der Waals surface area (Å²) in [5.41, 5.74) is 9.18. The molecule has 1 N–H and O–H groups in total. The summed E-state index contributed by atoms with van der Waals surface area (Å²) < 4.78 is 2.12.